The maximum atomic E-state index is 13.7. The number of hydrogen-bond acceptors (Lipinski definition) is 8. The fourth-order valence-electron chi connectivity index (χ4n) is 6.42. The quantitative estimate of drug-likeness (QED) is 0.0743. The molecule has 1 aromatic rings. The molecule has 10 nitrogen and oxygen atoms in total. The summed E-state index contributed by atoms with van der Waals surface area (Å²) in [5.41, 5.74) is 8.19. The summed E-state index contributed by atoms with van der Waals surface area (Å²) in [4.78, 5) is 34.8. The molecule has 2 aliphatic rings. The van der Waals surface area contributed by atoms with E-state index >= 15 is 0 Å². The molecule has 226 valence electrons. The Kier molecular flexibility index (Phi) is 9.53. The van der Waals surface area contributed by atoms with Crippen LogP contribution in [0.2, 0.25) is 0 Å². The first-order chi connectivity index (χ1) is 18.9. The molecular formula is C31H47N5O5. The number of benzene rings is 1. The van der Waals surface area contributed by atoms with E-state index in [1.165, 1.54) is 6.08 Å². The third-order valence-corrected chi connectivity index (χ3v) is 9.27. The van der Waals surface area contributed by atoms with E-state index in [4.69, 9.17) is 19.7 Å². The molecule has 10 heteroatoms. The molecular weight excluding hydrogens is 522 g/mol. The first-order valence-corrected chi connectivity index (χ1v) is 14.2. The molecule has 41 heavy (non-hydrogen) atoms. The van der Waals surface area contributed by atoms with Gasteiger partial charge < -0.3 is 14.2 Å². The Labute approximate surface area is 244 Å². The van der Waals surface area contributed by atoms with Crippen molar-refractivity contribution in [1.82, 2.24) is 9.80 Å². The lowest BCUT2D eigenvalue weighted by atomic mass is 9.77. The van der Waals surface area contributed by atoms with Gasteiger partial charge in [0.2, 0.25) is 0 Å². The van der Waals surface area contributed by atoms with Crippen LogP contribution in [0.25, 0.3) is 16.5 Å². The van der Waals surface area contributed by atoms with Crippen LogP contribution < -0.4 is 4.74 Å². The first kappa shape index (κ1) is 32.4. The minimum Gasteiger partial charge on any atom is -0.497 e. The molecule has 0 spiro atoms. The van der Waals surface area contributed by atoms with Gasteiger partial charge in [-0.3, -0.25) is 9.80 Å². The highest BCUT2D eigenvalue weighted by Crippen LogP contribution is 2.40. The largest absolute Gasteiger partial charge is 0.497 e. The SMILES string of the molecule is COc1ccc(/C=C(\C(=O)OC2CC(C)(C)N(C)C(C)(C)C2)C(=O)OC2CC(C)(C)N(C)C(C)(CN=[N+]=[N-])C2)cc1. The van der Waals surface area contributed by atoms with Crippen LogP contribution in [0.5, 0.6) is 5.75 Å². The van der Waals surface area contributed by atoms with Crippen LogP contribution in [0.4, 0.5) is 0 Å². The Morgan fingerprint density at radius 2 is 1.34 bits per heavy atom. The zero-order chi connectivity index (χ0) is 30.8. The minimum absolute atomic E-state index is 0.154. The average Bonchev–Trinajstić information content (AvgIpc) is 2.87. The Bertz CT molecular complexity index is 1180. The summed E-state index contributed by atoms with van der Waals surface area (Å²) < 4.78 is 17.3. The van der Waals surface area contributed by atoms with Crippen LogP contribution in [-0.4, -0.2) is 83.9 Å². The van der Waals surface area contributed by atoms with Crippen LogP contribution in [0.15, 0.2) is 35.0 Å². The molecule has 2 unspecified atom stereocenters. The second-order valence-corrected chi connectivity index (χ2v) is 13.6. The maximum Gasteiger partial charge on any atom is 0.345 e. The molecule has 0 saturated carbocycles. The predicted molar refractivity (Wildman–Crippen MR) is 159 cm³/mol. The van der Waals surface area contributed by atoms with Gasteiger partial charge in [-0.15, -0.1) is 0 Å². The van der Waals surface area contributed by atoms with Gasteiger partial charge >= 0.3 is 11.9 Å². The molecule has 0 radical (unpaired) electrons. The van der Waals surface area contributed by atoms with Gasteiger partial charge in [-0.05, 0) is 91.9 Å². The second-order valence-electron chi connectivity index (χ2n) is 13.6. The van der Waals surface area contributed by atoms with E-state index in [9.17, 15) is 9.59 Å². The van der Waals surface area contributed by atoms with E-state index in [1.807, 2.05) is 14.0 Å². The van der Waals surface area contributed by atoms with Gasteiger partial charge in [0.15, 0.2) is 0 Å². The first-order valence-electron chi connectivity index (χ1n) is 14.2. The number of rotatable bonds is 8. The molecule has 3 rings (SSSR count). The highest BCUT2D eigenvalue weighted by atomic mass is 16.6. The molecule has 0 bridgehead atoms. The monoisotopic (exact) mass is 569 g/mol. The molecule has 2 fully saturated rings. The fraction of sp³-hybridized carbons (Fsp3) is 0.677. The number of likely N-dealkylation sites (N-methyl/N-ethyl adjacent to an activating group) is 1. The van der Waals surface area contributed by atoms with E-state index in [-0.39, 0.29) is 34.8 Å². The summed E-state index contributed by atoms with van der Waals surface area (Å²) in [5.74, 6) is -0.762. The number of esters is 2. The molecule has 2 aliphatic heterocycles. The lowest BCUT2D eigenvalue weighted by Gasteiger charge is -2.54. The maximum absolute atomic E-state index is 13.7. The van der Waals surface area contributed by atoms with Crippen LogP contribution in [0, 0.1) is 0 Å². The Morgan fingerprint density at radius 1 is 0.878 bits per heavy atom. The summed E-state index contributed by atoms with van der Waals surface area (Å²) in [6.07, 6.45) is 2.98. The molecule has 0 aliphatic carbocycles. The number of methoxy groups -OCH3 is 1. The summed E-state index contributed by atoms with van der Waals surface area (Å²) in [6, 6.07) is 7.08. The van der Waals surface area contributed by atoms with Crippen molar-refractivity contribution in [2.45, 2.75) is 109 Å². The van der Waals surface area contributed by atoms with Crippen molar-refractivity contribution in [2.75, 3.05) is 27.7 Å². The van der Waals surface area contributed by atoms with E-state index in [0.29, 0.717) is 37.0 Å². The normalized spacial score (nSPS) is 26.5. The Hall–Kier alpha value is -3.07. The van der Waals surface area contributed by atoms with Gasteiger partial charge in [0.05, 0.1) is 7.11 Å². The molecule has 2 heterocycles. The number of ether oxygens (including phenoxy) is 3. The highest BCUT2D eigenvalue weighted by molar-refractivity contribution is 6.17. The molecule has 1 aromatic carbocycles. The zero-order valence-electron chi connectivity index (χ0n) is 26.4. The molecule has 2 saturated heterocycles. The van der Waals surface area contributed by atoms with Crippen molar-refractivity contribution >= 4 is 18.0 Å². The van der Waals surface area contributed by atoms with E-state index in [1.54, 1.807) is 31.4 Å². The van der Waals surface area contributed by atoms with E-state index in [0.717, 1.165) is 0 Å². The summed E-state index contributed by atoms with van der Waals surface area (Å²) >= 11 is 0. The number of nitrogens with zero attached hydrogens (tertiary/aromatic N) is 5. The Balaban J connectivity index is 1.90. The topological polar surface area (TPSA) is 117 Å². The second kappa shape index (κ2) is 12.0. The highest BCUT2D eigenvalue weighted by Gasteiger charge is 2.48. The van der Waals surface area contributed by atoms with Crippen molar-refractivity contribution in [3.05, 3.63) is 45.8 Å². The zero-order valence-corrected chi connectivity index (χ0v) is 26.4. The average molecular weight is 570 g/mol. The lowest BCUT2D eigenvalue weighted by molar-refractivity contribution is -0.162. The summed E-state index contributed by atoms with van der Waals surface area (Å²) in [7, 11) is 5.65. The molecule has 0 aromatic heterocycles. The third-order valence-electron chi connectivity index (χ3n) is 9.27. The van der Waals surface area contributed by atoms with Gasteiger partial charge in [0.25, 0.3) is 0 Å². The van der Waals surface area contributed by atoms with Crippen molar-refractivity contribution in [3.8, 4) is 5.75 Å². The van der Waals surface area contributed by atoms with Gasteiger partial charge in [0.1, 0.15) is 23.5 Å². The Morgan fingerprint density at radius 3 is 1.80 bits per heavy atom. The van der Waals surface area contributed by atoms with Gasteiger partial charge in [0, 0.05) is 59.3 Å². The van der Waals surface area contributed by atoms with Gasteiger partial charge in [-0.1, -0.05) is 17.2 Å². The minimum atomic E-state index is -0.728. The van der Waals surface area contributed by atoms with Crippen molar-refractivity contribution in [1.29, 1.82) is 0 Å². The summed E-state index contributed by atoms with van der Waals surface area (Å²) in [6.45, 7) is 14.9. The fourth-order valence-corrected chi connectivity index (χ4v) is 6.42. The van der Waals surface area contributed by atoms with Crippen molar-refractivity contribution in [2.24, 2.45) is 5.11 Å². The number of hydrogen-bond donors (Lipinski definition) is 0. The lowest BCUT2D eigenvalue weighted by Crippen LogP contribution is -2.63. The predicted octanol–water partition coefficient (Wildman–Crippen LogP) is 5.76. The third kappa shape index (κ3) is 7.42. The van der Waals surface area contributed by atoms with Crippen LogP contribution >= 0.6 is 0 Å². The van der Waals surface area contributed by atoms with Gasteiger partial charge in [-0.25, -0.2) is 9.59 Å². The molecule has 0 N–H and O–H groups in total. The van der Waals surface area contributed by atoms with Gasteiger partial charge in [-0.2, -0.15) is 0 Å². The van der Waals surface area contributed by atoms with Crippen LogP contribution in [0.3, 0.4) is 0 Å². The number of piperidine rings is 2. The number of likely N-dealkylation sites (tertiary alicyclic amines) is 2. The number of azide groups is 1. The van der Waals surface area contributed by atoms with Crippen molar-refractivity contribution in [3.63, 3.8) is 0 Å². The smallest absolute Gasteiger partial charge is 0.345 e. The van der Waals surface area contributed by atoms with E-state index in [2.05, 4.69) is 68.4 Å². The summed E-state index contributed by atoms with van der Waals surface area (Å²) in [5, 5.41) is 3.82. The molecule has 0 amide bonds. The molecule has 2 atom stereocenters. The number of carbonyl (C=O) groups is 2. The standard InChI is InChI=1S/C31H47N5O5/c1-28(2)16-23(17-29(3,4)35(28)8)40-26(37)25(15-21-11-13-22(39-10)14-12-21)27(38)41-24-18-30(5,6)36(9)31(7,19-24)20-33-34-32/h11-15,23-24H,16-20H2,1-10H3/b25-15+. The number of carbonyl (C=O) groups excluding carboxylic acids is 2. The van der Waals surface area contributed by atoms with Crippen LogP contribution in [0.1, 0.15) is 79.7 Å². The van der Waals surface area contributed by atoms with Crippen molar-refractivity contribution < 1.29 is 23.8 Å². The van der Waals surface area contributed by atoms with Crippen LogP contribution in [-0.2, 0) is 19.1 Å². The van der Waals surface area contributed by atoms with E-state index < -0.39 is 23.6 Å².